The van der Waals surface area contributed by atoms with Crippen LogP contribution in [0, 0.1) is 6.92 Å². The number of aryl methyl sites for hydroxylation is 1. The number of carbonyl (C=O) groups is 1. The van der Waals surface area contributed by atoms with E-state index in [0.29, 0.717) is 17.8 Å². The molecule has 2 rings (SSSR count). The van der Waals surface area contributed by atoms with Crippen molar-refractivity contribution in [2.75, 3.05) is 5.32 Å². The summed E-state index contributed by atoms with van der Waals surface area (Å²) in [5, 5.41) is 4.56. The van der Waals surface area contributed by atoms with Crippen LogP contribution in [0.3, 0.4) is 0 Å². The van der Waals surface area contributed by atoms with E-state index in [9.17, 15) is 9.59 Å². The Labute approximate surface area is 131 Å². The van der Waals surface area contributed by atoms with E-state index in [2.05, 4.69) is 5.32 Å². The molecule has 0 radical (unpaired) electrons. The lowest BCUT2D eigenvalue weighted by atomic mass is 10.2. The summed E-state index contributed by atoms with van der Waals surface area (Å²) in [6.45, 7) is 2.22. The Bertz CT molecular complexity index is 734. The van der Waals surface area contributed by atoms with Crippen LogP contribution in [0.25, 0.3) is 0 Å². The maximum atomic E-state index is 11.9. The smallest absolute Gasteiger partial charge is 0.307 e. The van der Waals surface area contributed by atoms with Gasteiger partial charge in [-0.2, -0.15) is 0 Å². The maximum Gasteiger partial charge on any atom is 0.307 e. The minimum absolute atomic E-state index is 0.0456. The third-order valence-corrected chi connectivity index (χ3v) is 4.09. The zero-order chi connectivity index (χ0) is 15.4. The average molecular weight is 321 g/mol. The van der Waals surface area contributed by atoms with Gasteiger partial charge in [0.15, 0.2) is 0 Å². The van der Waals surface area contributed by atoms with Gasteiger partial charge in [-0.25, -0.2) is 0 Å². The maximum absolute atomic E-state index is 11.9. The molecule has 1 aromatic carbocycles. The van der Waals surface area contributed by atoms with Gasteiger partial charge >= 0.3 is 4.87 Å². The van der Waals surface area contributed by atoms with Crippen molar-refractivity contribution in [2.24, 2.45) is 5.73 Å². The summed E-state index contributed by atoms with van der Waals surface area (Å²) in [5.74, 6) is -0.160. The fourth-order valence-corrected chi connectivity index (χ4v) is 2.75. The number of nitrogens with one attached hydrogen (secondary N) is 1. The first-order chi connectivity index (χ1) is 9.97. The molecule has 21 heavy (non-hydrogen) atoms. The summed E-state index contributed by atoms with van der Waals surface area (Å²) in [4.78, 5) is 23.7. The van der Waals surface area contributed by atoms with Crippen molar-refractivity contribution in [1.82, 2.24) is 4.57 Å². The molecule has 0 saturated heterocycles. The van der Waals surface area contributed by atoms with E-state index in [4.69, 9.17) is 18.0 Å². The fraction of sp³-hybridized carbons (Fsp3) is 0.214. The topological polar surface area (TPSA) is 77.1 Å². The second-order valence-corrected chi connectivity index (χ2v) is 5.80. The summed E-state index contributed by atoms with van der Waals surface area (Å²) in [6, 6.07) is 7.05. The minimum atomic E-state index is -0.160. The molecule has 1 aromatic heterocycles. The zero-order valence-electron chi connectivity index (χ0n) is 11.5. The highest BCUT2D eigenvalue weighted by Crippen LogP contribution is 2.11. The molecule has 5 nitrogen and oxygen atoms in total. The SMILES string of the molecule is Cc1csc(=O)n1CCC(=O)Nc1cccc(C(N)=S)c1. The van der Waals surface area contributed by atoms with Gasteiger partial charge in [0.2, 0.25) is 5.91 Å². The van der Waals surface area contributed by atoms with Crippen molar-refractivity contribution < 1.29 is 4.79 Å². The third-order valence-electron chi connectivity index (χ3n) is 2.97. The van der Waals surface area contributed by atoms with Crippen LogP contribution in [0.1, 0.15) is 17.7 Å². The van der Waals surface area contributed by atoms with Crippen molar-refractivity contribution in [3.63, 3.8) is 0 Å². The molecule has 2 aromatic rings. The standard InChI is InChI=1S/C14H15N3O2S2/c1-9-8-21-14(19)17(9)6-5-12(18)16-11-4-2-3-10(7-11)13(15)20/h2-4,7-8H,5-6H2,1H3,(H2,15,20)(H,16,18). The van der Waals surface area contributed by atoms with Crippen LogP contribution in [0.5, 0.6) is 0 Å². The van der Waals surface area contributed by atoms with Crippen LogP contribution in [0.4, 0.5) is 5.69 Å². The molecule has 0 fully saturated rings. The summed E-state index contributed by atoms with van der Waals surface area (Å²) in [5.41, 5.74) is 7.76. The van der Waals surface area contributed by atoms with E-state index in [1.54, 1.807) is 34.2 Å². The number of aromatic nitrogens is 1. The first-order valence-electron chi connectivity index (χ1n) is 6.32. The molecule has 0 saturated carbocycles. The molecule has 0 aliphatic carbocycles. The van der Waals surface area contributed by atoms with Crippen LogP contribution in [-0.4, -0.2) is 15.5 Å². The summed E-state index contributed by atoms with van der Waals surface area (Å²) < 4.78 is 1.59. The van der Waals surface area contributed by atoms with Gasteiger partial charge in [0.25, 0.3) is 0 Å². The quantitative estimate of drug-likeness (QED) is 0.824. The number of rotatable bonds is 5. The zero-order valence-corrected chi connectivity index (χ0v) is 13.1. The van der Waals surface area contributed by atoms with Crippen LogP contribution in [0.2, 0.25) is 0 Å². The highest BCUT2D eigenvalue weighted by Gasteiger charge is 2.07. The summed E-state index contributed by atoms with van der Waals surface area (Å²) in [6.07, 6.45) is 0.231. The monoisotopic (exact) mass is 321 g/mol. The fourth-order valence-electron chi connectivity index (χ4n) is 1.86. The number of thiocarbonyl (C=S) groups is 1. The number of hydrogen-bond donors (Lipinski definition) is 2. The van der Waals surface area contributed by atoms with Crippen LogP contribution in [-0.2, 0) is 11.3 Å². The van der Waals surface area contributed by atoms with Gasteiger partial charge in [-0.3, -0.25) is 9.59 Å². The Hall–Kier alpha value is -1.99. The van der Waals surface area contributed by atoms with Gasteiger partial charge in [0, 0.05) is 35.3 Å². The molecule has 0 spiro atoms. The lowest BCUT2D eigenvalue weighted by Crippen LogP contribution is -2.20. The van der Waals surface area contributed by atoms with E-state index < -0.39 is 0 Å². The molecule has 110 valence electrons. The molecular weight excluding hydrogens is 306 g/mol. The molecule has 0 bridgehead atoms. The molecule has 7 heteroatoms. The number of hydrogen-bond acceptors (Lipinski definition) is 4. The Morgan fingerprint density at radius 2 is 2.24 bits per heavy atom. The second kappa shape index (κ2) is 6.64. The summed E-state index contributed by atoms with van der Waals surface area (Å²) in [7, 11) is 0. The molecule has 1 heterocycles. The largest absolute Gasteiger partial charge is 0.389 e. The van der Waals surface area contributed by atoms with E-state index in [1.807, 2.05) is 6.92 Å². The molecule has 0 atom stereocenters. The Balaban J connectivity index is 1.98. The number of carbonyl (C=O) groups excluding carboxylic acids is 1. The molecule has 0 aliphatic rings. The lowest BCUT2D eigenvalue weighted by molar-refractivity contribution is -0.116. The number of thiazole rings is 1. The van der Waals surface area contributed by atoms with Crippen molar-refractivity contribution in [3.05, 3.63) is 50.6 Å². The van der Waals surface area contributed by atoms with Gasteiger partial charge in [-0.15, -0.1) is 0 Å². The highest BCUT2D eigenvalue weighted by atomic mass is 32.1. The van der Waals surface area contributed by atoms with E-state index in [1.165, 1.54) is 0 Å². The normalized spacial score (nSPS) is 10.3. The van der Waals surface area contributed by atoms with E-state index in [-0.39, 0.29) is 22.2 Å². The Morgan fingerprint density at radius 3 is 2.86 bits per heavy atom. The van der Waals surface area contributed by atoms with Gasteiger partial charge in [0.05, 0.1) is 0 Å². The second-order valence-electron chi connectivity index (χ2n) is 4.54. The van der Waals surface area contributed by atoms with E-state index >= 15 is 0 Å². The van der Waals surface area contributed by atoms with Crippen molar-refractivity contribution in [2.45, 2.75) is 19.9 Å². The van der Waals surface area contributed by atoms with Crippen LogP contribution >= 0.6 is 23.6 Å². The molecule has 1 amide bonds. The number of nitrogens with zero attached hydrogens (tertiary/aromatic N) is 1. The molecule has 0 unspecified atom stereocenters. The third kappa shape index (κ3) is 3.99. The average Bonchev–Trinajstić information content (AvgIpc) is 2.76. The predicted molar refractivity (Wildman–Crippen MR) is 88.9 cm³/mol. The van der Waals surface area contributed by atoms with Crippen molar-refractivity contribution >= 4 is 40.1 Å². The lowest BCUT2D eigenvalue weighted by Gasteiger charge is -2.08. The molecule has 0 aliphatic heterocycles. The Morgan fingerprint density at radius 1 is 1.48 bits per heavy atom. The predicted octanol–water partition coefficient (Wildman–Crippen LogP) is 1.88. The Kier molecular flexibility index (Phi) is 4.87. The van der Waals surface area contributed by atoms with Gasteiger partial charge in [0.1, 0.15) is 4.99 Å². The van der Waals surface area contributed by atoms with Gasteiger partial charge in [-0.05, 0) is 19.1 Å². The minimum Gasteiger partial charge on any atom is -0.389 e. The van der Waals surface area contributed by atoms with Crippen LogP contribution < -0.4 is 15.9 Å². The number of benzene rings is 1. The number of amides is 1. The van der Waals surface area contributed by atoms with Crippen LogP contribution in [0.15, 0.2) is 34.4 Å². The molecule has 3 N–H and O–H groups in total. The highest BCUT2D eigenvalue weighted by molar-refractivity contribution is 7.80. The van der Waals surface area contributed by atoms with Gasteiger partial charge in [-0.1, -0.05) is 35.7 Å². The van der Waals surface area contributed by atoms with Crippen molar-refractivity contribution in [1.29, 1.82) is 0 Å². The summed E-state index contributed by atoms with van der Waals surface area (Å²) >= 11 is 6.04. The van der Waals surface area contributed by atoms with E-state index in [0.717, 1.165) is 17.0 Å². The number of nitrogens with two attached hydrogens (primary N) is 1. The first-order valence-corrected chi connectivity index (χ1v) is 7.61. The van der Waals surface area contributed by atoms with Gasteiger partial charge < -0.3 is 15.6 Å². The van der Waals surface area contributed by atoms with Crippen molar-refractivity contribution in [3.8, 4) is 0 Å². The molecular formula is C14H15N3O2S2. The number of anilines is 1. The first kappa shape index (κ1) is 15.4.